The SMILES string of the molecule is NCCCn1nn[nH]c1=O.NN.O=C(O)CCCN1C(=O)c2ccccc2C1=O.O=C1c2ccccc2C(=O)N1CCCn1nn[nH]c1=O. The molecule has 21 nitrogen and oxygen atoms in total. The quantitative estimate of drug-likeness (QED) is 0.0563. The number of benzene rings is 2. The Bertz CT molecular complexity index is 1810. The minimum absolute atomic E-state index is 0.0482. The number of nitrogens with two attached hydrogens (primary N) is 3. The van der Waals surface area contributed by atoms with Crippen LogP contribution in [0.1, 0.15) is 67.1 Å². The summed E-state index contributed by atoms with van der Waals surface area (Å²) in [6.45, 7) is 1.78. The second-order valence-electron chi connectivity index (χ2n) is 10.1. The van der Waals surface area contributed by atoms with E-state index in [0.717, 1.165) is 16.0 Å². The van der Waals surface area contributed by atoms with Gasteiger partial charge in [-0.15, -0.1) is 0 Å². The van der Waals surface area contributed by atoms with E-state index < -0.39 is 11.7 Å². The van der Waals surface area contributed by atoms with E-state index in [0.29, 0.717) is 48.3 Å². The molecule has 2 aromatic heterocycles. The Morgan fingerprint density at radius 1 is 0.612 bits per heavy atom. The van der Waals surface area contributed by atoms with E-state index >= 15 is 0 Å². The van der Waals surface area contributed by atoms with Crippen LogP contribution in [0.4, 0.5) is 0 Å². The predicted molar refractivity (Wildman–Crippen MR) is 168 cm³/mol. The monoisotopic (exact) mass is 681 g/mol. The number of hydrogen-bond donors (Lipinski definition) is 6. The number of tetrazole rings is 2. The number of carbonyl (C=O) groups excluding carboxylic acids is 4. The number of carboxylic acid groups (broad SMARTS) is 1. The van der Waals surface area contributed by atoms with E-state index in [2.05, 4.69) is 42.7 Å². The first-order chi connectivity index (χ1) is 23.6. The van der Waals surface area contributed by atoms with Crippen LogP contribution in [0.2, 0.25) is 0 Å². The predicted octanol–water partition coefficient (Wildman–Crippen LogP) is -2.07. The van der Waals surface area contributed by atoms with Crippen molar-refractivity contribution in [3.63, 3.8) is 0 Å². The summed E-state index contributed by atoms with van der Waals surface area (Å²) in [5.41, 5.74) is 6.17. The van der Waals surface area contributed by atoms with Crippen molar-refractivity contribution in [3.05, 3.63) is 91.8 Å². The van der Waals surface area contributed by atoms with Crippen LogP contribution in [0.5, 0.6) is 0 Å². The van der Waals surface area contributed by atoms with Gasteiger partial charge in [0.25, 0.3) is 23.6 Å². The molecule has 0 fully saturated rings. The molecule has 0 bridgehead atoms. The fourth-order valence-electron chi connectivity index (χ4n) is 4.62. The average molecular weight is 682 g/mol. The van der Waals surface area contributed by atoms with E-state index in [1.54, 1.807) is 48.5 Å². The van der Waals surface area contributed by atoms with Crippen LogP contribution in [0.15, 0.2) is 58.1 Å². The van der Waals surface area contributed by atoms with Gasteiger partial charge in [0, 0.05) is 32.6 Å². The van der Waals surface area contributed by atoms with E-state index in [1.807, 2.05) is 0 Å². The molecule has 0 spiro atoms. The van der Waals surface area contributed by atoms with Gasteiger partial charge in [0.1, 0.15) is 0 Å². The lowest BCUT2D eigenvalue weighted by Crippen LogP contribution is -2.32. The van der Waals surface area contributed by atoms with Gasteiger partial charge in [-0.3, -0.25) is 45.5 Å². The van der Waals surface area contributed by atoms with Crippen LogP contribution in [0.3, 0.4) is 0 Å². The number of nitrogens with one attached hydrogen (secondary N) is 2. The Morgan fingerprint density at radius 2 is 0.980 bits per heavy atom. The highest BCUT2D eigenvalue weighted by Gasteiger charge is 2.35. The molecule has 0 radical (unpaired) electrons. The summed E-state index contributed by atoms with van der Waals surface area (Å²) in [5.74, 6) is 5.81. The third-order valence-corrected chi connectivity index (χ3v) is 6.92. The molecule has 2 aliphatic rings. The number of aromatic nitrogens is 8. The number of aromatic amines is 2. The van der Waals surface area contributed by atoms with Gasteiger partial charge in [-0.2, -0.15) is 9.36 Å². The fourth-order valence-corrected chi connectivity index (χ4v) is 4.62. The Labute approximate surface area is 276 Å². The number of aryl methyl sites for hydroxylation is 2. The number of fused-ring (bicyclic) bond motifs is 2. The number of rotatable bonds is 11. The normalized spacial score (nSPS) is 12.7. The van der Waals surface area contributed by atoms with Gasteiger partial charge >= 0.3 is 17.3 Å². The third-order valence-electron chi connectivity index (χ3n) is 6.92. The first-order valence-corrected chi connectivity index (χ1v) is 14.8. The lowest BCUT2D eigenvalue weighted by molar-refractivity contribution is -0.137. The fraction of sp³-hybridized carbons (Fsp3) is 0.321. The number of imide groups is 2. The Kier molecular flexibility index (Phi) is 13.9. The van der Waals surface area contributed by atoms with E-state index in [-0.39, 0.29) is 55.2 Å². The molecule has 0 aliphatic carbocycles. The summed E-state index contributed by atoms with van der Waals surface area (Å²) >= 11 is 0. The van der Waals surface area contributed by atoms with Gasteiger partial charge in [-0.1, -0.05) is 24.3 Å². The minimum Gasteiger partial charge on any atom is -0.481 e. The van der Waals surface area contributed by atoms with E-state index in [1.165, 1.54) is 9.58 Å². The van der Waals surface area contributed by atoms with Crippen molar-refractivity contribution < 1.29 is 29.1 Å². The van der Waals surface area contributed by atoms with Gasteiger partial charge in [-0.25, -0.2) is 19.8 Å². The molecular formula is C28H35N13O8. The molecular weight excluding hydrogens is 646 g/mol. The molecule has 0 saturated heterocycles. The zero-order valence-electron chi connectivity index (χ0n) is 26.1. The molecule has 9 N–H and O–H groups in total. The summed E-state index contributed by atoms with van der Waals surface area (Å²) in [6.07, 6.45) is 1.42. The molecule has 0 saturated carbocycles. The van der Waals surface area contributed by atoms with Gasteiger partial charge in [0.2, 0.25) is 0 Å². The van der Waals surface area contributed by atoms with E-state index in [9.17, 15) is 33.6 Å². The van der Waals surface area contributed by atoms with Gasteiger partial charge in [0.15, 0.2) is 0 Å². The highest BCUT2D eigenvalue weighted by atomic mass is 16.4. The number of aliphatic carboxylic acids is 1. The maximum absolute atomic E-state index is 12.1. The Morgan fingerprint density at radius 3 is 1.31 bits per heavy atom. The summed E-state index contributed by atoms with van der Waals surface area (Å²) in [7, 11) is 0. The average Bonchev–Trinajstić information content (AvgIpc) is 3.85. The van der Waals surface area contributed by atoms with E-state index in [4.69, 9.17) is 10.8 Å². The second-order valence-corrected chi connectivity index (χ2v) is 10.1. The number of amides is 4. The number of carbonyl (C=O) groups is 5. The summed E-state index contributed by atoms with van der Waals surface area (Å²) < 4.78 is 2.39. The first-order valence-electron chi connectivity index (χ1n) is 14.8. The second kappa shape index (κ2) is 18.2. The number of carboxylic acids is 1. The molecule has 0 atom stereocenters. The number of hydrogen-bond acceptors (Lipinski definition) is 14. The topological polar surface area (TPSA) is 317 Å². The number of nitrogens with zero attached hydrogens (tertiary/aromatic N) is 8. The van der Waals surface area contributed by atoms with Crippen molar-refractivity contribution in [2.45, 2.75) is 38.8 Å². The van der Waals surface area contributed by atoms with Crippen molar-refractivity contribution in [1.29, 1.82) is 0 Å². The molecule has 260 valence electrons. The highest BCUT2D eigenvalue weighted by Crippen LogP contribution is 2.23. The molecule has 21 heteroatoms. The minimum atomic E-state index is -0.929. The van der Waals surface area contributed by atoms with Crippen LogP contribution in [0, 0.1) is 0 Å². The Balaban J connectivity index is 0.000000204. The third kappa shape index (κ3) is 9.43. The van der Waals surface area contributed by atoms with Gasteiger partial charge in [0.05, 0.1) is 22.3 Å². The summed E-state index contributed by atoms with van der Waals surface area (Å²) in [5, 5.41) is 26.6. The lowest BCUT2D eigenvalue weighted by Gasteiger charge is -2.12. The van der Waals surface area contributed by atoms with Gasteiger partial charge < -0.3 is 10.8 Å². The molecule has 4 heterocycles. The molecule has 4 amide bonds. The van der Waals surface area contributed by atoms with Crippen LogP contribution in [0.25, 0.3) is 0 Å². The maximum atomic E-state index is 12.1. The molecule has 2 aromatic carbocycles. The largest absolute Gasteiger partial charge is 0.481 e. The van der Waals surface area contributed by atoms with Gasteiger partial charge in [-0.05, 0) is 70.9 Å². The van der Waals surface area contributed by atoms with Crippen molar-refractivity contribution in [1.82, 2.24) is 50.2 Å². The molecule has 0 unspecified atom stereocenters. The number of H-pyrrole nitrogens is 2. The van der Waals surface area contributed by atoms with Crippen molar-refractivity contribution in [2.75, 3.05) is 19.6 Å². The van der Waals surface area contributed by atoms with Crippen LogP contribution in [-0.2, 0) is 17.9 Å². The molecule has 49 heavy (non-hydrogen) atoms. The molecule has 6 rings (SSSR count). The van der Waals surface area contributed by atoms with Crippen molar-refractivity contribution in [3.8, 4) is 0 Å². The first kappa shape index (κ1) is 37.3. The standard InChI is InChI=1S/C12H11N5O3.C12H11NO4.C4H9N5O.H4N2/c18-10-8-4-1-2-5-9(8)11(19)16(10)6-3-7-17-12(20)13-14-15-17;14-10(15)6-3-7-13-11(16)8-4-1-2-5-9(8)12(13)17;5-2-1-3-9-4(10)6-7-8-9;1-2/h1-2,4-5H,3,6-7H2,(H,13,15,20);1-2,4-5H,3,6-7H2,(H,14,15);1-3,5H2,(H,6,8,10);1-2H2. The van der Waals surface area contributed by atoms with Crippen LogP contribution >= 0.6 is 0 Å². The van der Waals surface area contributed by atoms with Crippen molar-refractivity contribution in [2.24, 2.45) is 17.4 Å². The van der Waals surface area contributed by atoms with Crippen molar-refractivity contribution >= 4 is 29.6 Å². The highest BCUT2D eigenvalue weighted by molar-refractivity contribution is 6.22. The Hall–Kier alpha value is -6.19. The zero-order chi connectivity index (χ0) is 35.9. The smallest absolute Gasteiger partial charge is 0.361 e. The number of hydrazine groups is 1. The van der Waals surface area contributed by atoms with Crippen LogP contribution in [-0.4, -0.2) is 105 Å². The lowest BCUT2D eigenvalue weighted by atomic mass is 10.1. The summed E-state index contributed by atoms with van der Waals surface area (Å²) in [4.78, 5) is 82.3. The molecule has 4 aromatic rings. The zero-order valence-corrected chi connectivity index (χ0v) is 26.1. The maximum Gasteiger partial charge on any atom is 0.361 e. The molecule has 2 aliphatic heterocycles. The van der Waals surface area contributed by atoms with Crippen LogP contribution < -0.4 is 28.8 Å². The summed E-state index contributed by atoms with van der Waals surface area (Å²) in [6, 6.07) is 13.3.